The minimum Gasteiger partial charge on any atom is -0.478 e. The van der Waals surface area contributed by atoms with Crippen molar-refractivity contribution in [1.82, 2.24) is 0 Å². The molecule has 1 heterocycles. The van der Waals surface area contributed by atoms with Gasteiger partial charge in [0.25, 0.3) is 0 Å². The molecule has 7 atom stereocenters. The van der Waals surface area contributed by atoms with Gasteiger partial charge in [0.2, 0.25) is 0 Å². The summed E-state index contributed by atoms with van der Waals surface area (Å²) in [5.74, 6) is -2.56. The zero-order valence-corrected chi connectivity index (χ0v) is 26.8. The maximum absolute atomic E-state index is 13.3. The normalized spacial score (nSPS) is 22.0. The molecule has 42 heavy (non-hydrogen) atoms. The molecule has 0 aromatic carbocycles. The Morgan fingerprint density at radius 3 is 2.33 bits per heavy atom. The van der Waals surface area contributed by atoms with Gasteiger partial charge in [0, 0.05) is 30.9 Å². The van der Waals surface area contributed by atoms with Gasteiger partial charge in [-0.1, -0.05) is 94.7 Å². The summed E-state index contributed by atoms with van der Waals surface area (Å²) >= 11 is 0. The molecule has 0 aromatic heterocycles. The number of ether oxygens (including phenoxy) is 2. The summed E-state index contributed by atoms with van der Waals surface area (Å²) in [5.41, 5.74) is 2.79. The van der Waals surface area contributed by atoms with Gasteiger partial charge < -0.3 is 14.6 Å². The van der Waals surface area contributed by atoms with Crippen molar-refractivity contribution in [2.24, 2.45) is 29.6 Å². The van der Waals surface area contributed by atoms with E-state index in [1.165, 1.54) is 18.6 Å². The van der Waals surface area contributed by atoms with E-state index in [0.29, 0.717) is 17.9 Å². The van der Waals surface area contributed by atoms with Gasteiger partial charge in [-0.15, -0.1) is 0 Å². The maximum Gasteiger partial charge on any atom is 0.331 e. The highest BCUT2D eigenvalue weighted by Crippen LogP contribution is 2.27. The first kappa shape index (κ1) is 36.5. The van der Waals surface area contributed by atoms with Crippen LogP contribution in [0.1, 0.15) is 81.6 Å². The number of ketones is 1. The molecular weight excluding hydrogens is 532 g/mol. The Hall–Kier alpha value is -3.48. The lowest BCUT2D eigenvalue weighted by Gasteiger charge is -2.29. The van der Waals surface area contributed by atoms with Crippen molar-refractivity contribution in [3.05, 3.63) is 71.4 Å². The molecule has 0 spiro atoms. The minimum absolute atomic E-state index is 0.0372. The number of carboxylic acid groups (broad SMARTS) is 1. The predicted molar refractivity (Wildman–Crippen MR) is 166 cm³/mol. The summed E-state index contributed by atoms with van der Waals surface area (Å²) in [6, 6.07) is 0. The predicted octanol–water partition coefficient (Wildman–Crippen LogP) is 7.36. The third-order valence-corrected chi connectivity index (χ3v) is 7.38. The van der Waals surface area contributed by atoms with E-state index in [9.17, 15) is 19.2 Å². The van der Waals surface area contributed by atoms with Gasteiger partial charge in [0.05, 0.1) is 5.92 Å². The molecule has 0 radical (unpaired) electrons. The van der Waals surface area contributed by atoms with Gasteiger partial charge in [0.1, 0.15) is 18.0 Å². The molecule has 1 rings (SSSR count). The van der Waals surface area contributed by atoms with E-state index in [-0.39, 0.29) is 35.6 Å². The molecule has 7 unspecified atom stereocenters. The number of carboxylic acids is 1. The molecule has 232 valence electrons. The number of esters is 2. The first-order valence-electron chi connectivity index (χ1n) is 14.9. The third-order valence-electron chi connectivity index (χ3n) is 7.38. The smallest absolute Gasteiger partial charge is 0.331 e. The minimum atomic E-state index is -1.03. The molecule has 0 amide bonds. The summed E-state index contributed by atoms with van der Waals surface area (Å²) < 4.78 is 10.9. The Bertz CT molecular complexity index is 1130. The van der Waals surface area contributed by atoms with Gasteiger partial charge in [-0.05, 0) is 51.0 Å². The van der Waals surface area contributed by atoms with Crippen molar-refractivity contribution in [2.45, 2.75) is 93.8 Å². The summed E-state index contributed by atoms with van der Waals surface area (Å²) in [4.78, 5) is 47.7. The Morgan fingerprint density at radius 1 is 1.07 bits per heavy atom. The third kappa shape index (κ3) is 13.5. The van der Waals surface area contributed by atoms with Crippen LogP contribution in [0, 0.1) is 29.6 Å². The van der Waals surface area contributed by atoms with Crippen LogP contribution in [0.4, 0.5) is 0 Å². The fourth-order valence-corrected chi connectivity index (χ4v) is 5.15. The van der Waals surface area contributed by atoms with Crippen molar-refractivity contribution < 1.29 is 33.8 Å². The van der Waals surface area contributed by atoms with Crippen molar-refractivity contribution in [3.8, 4) is 0 Å². The van der Waals surface area contributed by atoms with Crippen LogP contribution in [0.5, 0.6) is 0 Å². The number of aliphatic carboxylic acids is 1. The van der Waals surface area contributed by atoms with Gasteiger partial charge in [-0.3, -0.25) is 9.59 Å². The van der Waals surface area contributed by atoms with E-state index in [0.717, 1.165) is 24.5 Å². The summed E-state index contributed by atoms with van der Waals surface area (Å²) in [6.45, 7) is 16.7. The Morgan fingerprint density at radius 2 is 1.74 bits per heavy atom. The molecule has 1 N–H and O–H groups in total. The number of allylic oxidation sites excluding steroid dienone is 8. The van der Waals surface area contributed by atoms with Crippen LogP contribution < -0.4 is 0 Å². The van der Waals surface area contributed by atoms with E-state index in [2.05, 4.69) is 26.0 Å². The number of Topliss-reactive ketones (excluding diaryl/α,β-unsaturated/α-hetero) is 1. The molecule has 0 saturated heterocycles. The number of carbonyl (C=O) groups excluding carboxylic acids is 3. The van der Waals surface area contributed by atoms with E-state index in [1.807, 2.05) is 58.1 Å². The highest BCUT2D eigenvalue weighted by molar-refractivity contribution is 5.85. The number of hydrogen-bond donors (Lipinski definition) is 1. The zero-order valence-electron chi connectivity index (χ0n) is 26.8. The summed E-state index contributed by atoms with van der Waals surface area (Å²) in [7, 11) is 0. The van der Waals surface area contributed by atoms with E-state index >= 15 is 0 Å². The standard InChI is InChI=1S/C35H50O7/c1-10-30(15-16-31-25(5)14-17-33(39)42-31)20-23(3)13-11-12-22(2)18-26(6)34(40)28(8)35(41-29(9)36)27(7)19-24(4)21-32(37)38/h11-12,14-18,20-21,23,25-28,31,35H,10,13,19H2,1-9H3,(H,37,38)/b12-11+,16-15+,22-18+,24-21+,30-20-. The van der Waals surface area contributed by atoms with Crippen LogP contribution in [0.25, 0.3) is 0 Å². The molecule has 1 aliphatic heterocycles. The summed E-state index contributed by atoms with van der Waals surface area (Å²) in [5, 5.41) is 9.01. The Balaban J connectivity index is 2.83. The molecule has 0 saturated carbocycles. The lowest BCUT2D eigenvalue weighted by Crippen LogP contribution is -2.37. The monoisotopic (exact) mass is 582 g/mol. The van der Waals surface area contributed by atoms with Crippen molar-refractivity contribution >= 4 is 23.7 Å². The number of hydrogen-bond acceptors (Lipinski definition) is 6. The second kappa shape index (κ2) is 18.1. The largest absolute Gasteiger partial charge is 0.478 e. The second-order valence-electron chi connectivity index (χ2n) is 11.7. The van der Waals surface area contributed by atoms with Crippen molar-refractivity contribution in [3.63, 3.8) is 0 Å². The fourth-order valence-electron chi connectivity index (χ4n) is 5.15. The fraction of sp³-hybridized carbons (Fsp3) is 0.543. The summed E-state index contributed by atoms with van der Waals surface area (Å²) in [6.07, 6.45) is 17.9. The molecule has 0 aliphatic carbocycles. The van der Waals surface area contributed by atoms with Gasteiger partial charge in [-0.2, -0.15) is 0 Å². The van der Waals surface area contributed by atoms with Gasteiger partial charge >= 0.3 is 17.9 Å². The quantitative estimate of drug-likeness (QED) is 0.115. The molecule has 0 fully saturated rings. The van der Waals surface area contributed by atoms with Crippen molar-refractivity contribution in [2.75, 3.05) is 0 Å². The lowest BCUT2D eigenvalue weighted by atomic mass is 9.82. The Labute approximate surface area is 252 Å². The first-order chi connectivity index (χ1) is 19.6. The average molecular weight is 583 g/mol. The molecule has 1 aliphatic rings. The topological polar surface area (TPSA) is 107 Å². The molecule has 0 aromatic rings. The number of carbonyl (C=O) groups is 4. The van der Waals surface area contributed by atoms with E-state index in [1.54, 1.807) is 13.8 Å². The first-order valence-corrected chi connectivity index (χ1v) is 14.9. The van der Waals surface area contributed by atoms with E-state index in [4.69, 9.17) is 14.6 Å². The highest BCUT2D eigenvalue weighted by atomic mass is 16.5. The second-order valence-corrected chi connectivity index (χ2v) is 11.7. The van der Waals surface area contributed by atoms with Crippen LogP contribution in [-0.2, 0) is 28.7 Å². The van der Waals surface area contributed by atoms with Crippen LogP contribution >= 0.6 is 0 Å². The van der Waals surface area contributed by atoms with Crippen LogP contribution in [-0.4, -0.2) is 41.0 Å². The number of cyclic esters (lactones) is 1. The Kier molecular flexibility index (Phi) is 15.8. The van der Waals surface area contributed by atoms with Crippen LogP contribution in [0.15, 0.2) is 71.4 Å². The van der Waals surface area contributed by atoms with Gasteiger partial charge in [0.15, 0.2) is 0 Å². The SMILES string of the molecule is CCC(=C/C(C)C/C=C/C(C)=C/C(C)C(=O)C(C)C(OC(C)=O)C(C)C/C(C)=C/C(=O)O)/C=C/C1OC(=O)C=CC1C. The maximum atomic E-state index is 13.3. The zero-order chi connectivity index (χ0) is 32.0. The molecule has 0 bridgehead atoms. The lowest BCUT2D eigenvalue weighted by molar-refractivity contribution is -0.154. The van der Waals surface area contributed by atoms with Crippen molar-refractivity contribution in [1.29, 1.82) is 0 Å². The van der Waals surface area contributed by atoms with E-state index < -0.39 is 24.0 Å². The number of rotatable bonds is 16. The van der Waals surface area contributed by atoms with Gasteiger partial charge in [-0.25, -0.2) is 9.59 Å². The molecule has 7 nitrogen and oxygen atoms in total. The average Bonchev–Trinajstić information content (AvgIpc) is 2.89. The van der Waals surface area contributed by atoms with Crippen LogP contribution in [0.3, 0.4) is 0 Å². The van der Waals surface area contributed by atoms with Crippen LogP contribution in [0.2, 0.25) is 0 Å². The highest BCUT2D eigenvalue weighted by Gasteiger charge is 2.33. The molecular formula is C35H50O7. The molecule has 7 heteroatoms.